The first-order chi connectivity index (χ1) is 18.1. The topological polar surface area (TPSA) is 102 Å². The van der Waals surface area contributed by atoms with E-state index in [1.54, 1.807) is 6.20 Å². The smallest absolute Gasteiger partial charge is 0.223 e. The van der Waals surface area contributed by atoms with Crippen molar-refractivity contribution in [3.63, 3.8) is 0 Å². The molecule has 3 heterocycles. The number of amides is 2. The third-order valence-electron chi connectivity index (χ3n) is 8.12. The van der Waals surface area contributed by atoms with Gasteiger partial charge in [0.2, 0.25) is 11.8 Å². The number of aryl methyl sites for hydroxylation is 1. The minimum absolute atomic E-state index is 0.0905. The second kappa shape index (κ2) is 10.4. The van der Waals surface area contributed by atoms with Gasteiger partial charge in [0.1, 0.15) is 0 Å². The maximum Gasteiger partial charge on any atom is 0.223 e. The van der Waals surface area contributed by atoms with Gasteiger partial charge in [0.25, 0.3) is 0 Å². The molecule has 6 rings (SSSR count). The quantitative estimate of drug-likeness (QED) is 0.477. The molecule has 0 atom stereocenters. The normalized spacial score (nSPS) is 21.6. The minimum Gasteiger partial charge on any atom is -0.353 e. The van der Waals surface area contributed by atoms with Crippen molar-refractivity contribution in [3.05, 3.63) is 35.8 Å². The van der Waals surface area contributed by atoms with Gasteiger partial charge in [0.15, 0.2) is 5.13 Å². The van der Waals surface area contributed by atoms with E-state index in [1.807, 2.05) is 12.3 Å². The molecule has 2 amide bonds. The third kappa shape index (κ3) is 4.93. The van der Waals surface area contributed by atoms with Gasteiger partial charge in [0, 0.05) is 42.4 Å². The van der Waals surface area contributed by atoms with Crippen LogP contribution in [0.1, 0.15) is 82.0 Å². The lowest BCUT2D eigenvalue weighted by atomic mass is 9.84. The highest BCUT2D eigenvalue weighted by molar-refractivity contribution is 7.19. The molecule has 2 N–H and O–H groups in total. The largest absolute Gasteiger partial charge is 0.353 e. The van der Waals surface area contributed by atoms with Crippen LogP contribution in [0.4, 0.5) is 5.13 Å². The predicted molar refractivity (Wildman–Crippen MR) is 144 cm³/mol. The highest BCUT2D eigenvalue weighted by Gasteiger charge is 2.35. The molecule has 2 fully saturated rings. The number of nitrogens with zero attached hydrogens (tertiary/aromatic N) is 4. The fourth-order valence-electron chi connectivity index (χ4n) is 6.25. The van der Waals surface area contributed by atoms with Crippen molar-refractivity contribution in [1.82, 2.24) is 25.1 Å². The van der Waals surface area contributed by atoms with Crippen molar-refractivity contribution in [3.8, 4) is 21.8 Å². The number of aromatic nitrogens is 4. The average molecular weight is 519 g/mol. The summed E-state index contributed by atoms with van der Waals surface area (Å²) < 4.78 is 2.21. The lowest BCUT2D eigenvalue weighted by Crippen LogP contribution is -2.41. The van der Waals surface area contributed by atoms with E-state index in [0.29, 0.717) is 11.2 Å². The van der Waals surface area contributed by atoms with E-state index in [9.17, 15) is 9.59 Å². The van der Waals surface area contributed by atoms with Crippen molar-refractivity contribution < 1.29 is 9.59 Å². The molecule has 3 aromatic heterocycles. The Morgan fingerprint density at radius 3 is 2.59 bits per heavy atom. The van der Waals surface area contributed by atoms with E-state index in [1.165, 1.54) is 43.1 Å². The SMILES string of the molecule is CC(=O)Nc1nc2c(s1)-c1c(c(-c3cccnc3)nn1C1CCC(C(=O)NC3CCCCC3)CC1)CC2. The summed E-state index contributed by atoms with van der Waals surface area (Å²) in [6.07, 6.45) is 14.9. The van der Waals surface area contributed by atoms with Crippen LogP contribution < -0.4 is 10.6 Å². The predicted octanol–water partition coefficient (Wildman–Crippen LogP) is 5.31. The molecule has 0 saturated heterocycles. The summed E-state index contributed by atoms with van der Waals surface area (Å²) in [6, 6.07) is 4.61. The van der Waals surface area contributed by atoms with Gasteiger partial charge in [-0.15, -0.1) is 0 Å². The number of nitrogens with one attached hydrogen (secondary N) is 2. The number of hydrogen-bond donors (Lipinski definition) is 2. The van der Waals surface area contributed by atoms with Gasteiger partial charge in [0.05, 0.1) is 28.0 Å². The van der Waals surface area contributed by atoms with E-state index in [2.05, 4.69) is 26.4 Å². The summed E-state index contributed by atoms with van der Waals surface area (Å²) in [5.74, 6) is 0.224. The van der Waals surface area contributed by atoms with Gasteiger partial charge in [-0.3, -0.25) is 19.3 Å². The number of carbonyl (C=O) groups excluding carboxylic acids is 2. The molecule has 0 radical (unpaired) electrons. The lowest BCUT2D eigenvalue weighted by Gasteiger charge is -2.31. The molecule has 3 aromatic rings. The maximum atomic E-state index is 13.0. The van der Waals surface area contributed by atoms with E-state index in [4.69, 9.17) is 10.1 Å². The van der Waals surface area contributed by atoms with Gasteiger partial charge in [-0.05, 0) is 63.5 Å². The first-order valence-electron chi connectivity index (χ1n) is 13.7. The molecule has 194 valence electrons. The zero-order valence-electron chi connectivity index (χ0n) is 21.3. The molecule has 0 spiro atoms. The number of pyridine rings is 1. The number of fused-ring (bicyclic) bond motifs is 3. The molecular formula is C28H34N6O2S. The van der Waals surface area contributed by atoms with Crippen molar-refractivity contribution in [1.29, 1.82) is 0 Å². The molecule has 0 aliphatic heterocycles. The van der Waals surface area contributed by atoms with E-state index in [0.717, 1.165) is 78.9 Å². The molecule has 0 unspecified atom stereocenters. The number of rotatable bonds is 5. The van der Waals surface area contributed by atoms with Gasteiger partial charge >= 0.3 is 0 Å². The van der Waals surface area contributed by atoms with Gasteiger partial charge in [-0.1, -0.05) is 30.6 Å². The standard InChI is InChI=1S/C28H34N6O2S/c1-17(35)30-28-32-23-14-13-22-24(19-6-5-15-29-16-19)33-34(25(22)26(23)37-28)21-11-9-18(10-12-21)27(36)31-20-7-3-2-4-8-20/h5-6,15-16,18,20-21H,2-4,7-14H2,1H3,(H,31,36)(H,30,32,35). The Morgan fingerprint density at radius 1 is 1.05 bits per heavy atom. The summed E-state index contributed by atoms with van der Waals surface area (Å²) >= 11 is 1.53. The van der Waals surface area contributed by atoms with E-state index >= 15 is 0 Å². The van der Waals surface area contributed by atoms with Crippen molar-refractivity contribution in [2.24, 2.45) is 5.92 Å². The molecule has 3 aliphatic carbocycles. The second-order valence-electron chi connectivity index (χ2n) is 10.7. The number of anilines is 1. The fourth-order valence-corrected chi connectivity index (χ4v) is 7.37. The Balaban J connectivity index is 1.27. The highest BCUT2D eigenvalue weighted by Crippen LogP contribution is 2.46. The van der Waals surface area contributed by atoms with Crippen LogP contribution in [-0.2, 0) is 22.4 Å². The van der Waals surface area contributed by atoms with Gasteiger partial charge < -0.3 is 10.6 Å². The van der Waals surface area contributed by atoms with Crippen molar-refractivity contribution >= 4 is 28.3 Å². The number of thiazole rings is 1. The molecule has 0 aromatic carbocycles. The van der Waals surface area contributed by atoms with Crippen LogP contribution in [0, 0.1) is 5.92 Å². The average Bonchev–Trinajstić information content (AvgIpc) is 3.50. The number of hydrogen-bond acceptors (Lipinski definition) is 6. The van der Waals surface area contributed by atoms with Crippen LogP contribution >= 0.6 is 11.3 Å². The fraction of sp³-hybridized carbons (Fsp3) is 0.536. The first-order valence-corrected chi connectivity index (χ1v) is 14.5. The molecule has 37 heavy (non-hydrogen) atoms. The number of carbonyl (C=O) groups is 2. The van der Waals surface area contributed by atoms with Crippen LogP contribution in [0.2, 0.25) is 0 Å². The minimum atomic E-state index is -0.110. The third-order valence-corrected chi connectivity index (χ3v) is 9.14. The summed E-state index contributed by atoms with van der Waals surface area (Å²) in [7, 11) is 0. The zero-order chi connectivity index (χ0) is 25.4. The lowest BCUT2D eigenvalue weighted by molar-refractivity contribution is -0.127. The Hall–Kier alpha value is -3.07. The molecule has 2 saturated carbocycles. The van der Waals surface area contributed by atoms with Crippen LogP contribution in [-0.4, -0.2) is 37.6 Å². The second-order valence-corrected chi connectivity index (χ2v) is 11.7. The maximum absolute atomic E-state index is 13.0. The van der Waals surface area contributed by atoms with E-state index < -0.39 is 0 Å². The molecular weight excluding hydrogens is 484 g/mol. The molecule has 9 heteroatoms. The zero-order valence-corrected chi connectivity index (χ0v) is 22.1. The molecule has 8 nitrogen and oxygen atoms in total. The molecule has 3 aliphatic rings. The van der Waals surface area contributed by atoms with Gasteiger partial charge in [-0.2, -0.15) is 5.10 Å². The van der Waals surface area contributed by atoms with Crippen molar-refractivity contribution in [2.45, 2.75) is 89.6 Å². The van der Waals surface area contributed by atoms with Crippen LogP contribution in [0.5, 0.6) is 0 Å². The molecule has 0 bridgehead atoms. The summed E-state index contributed by atoms with van der Waals surface area (Å²) in [5.41, 5.74) is 5.40. The summed E-state index contributed by atoms with van der Waals surface area (Å²) in [4.78, 5) is 34.9. The van der Waals surface area contributed by atoms with E-state index in [-0.39, 0.29) is 23.8 Å². The summed E-state index contributed by atoms with van der Waals surface area (Å²) in [6.45, 7) is 1.51. The Kier molecular flexibility index (Phi) is 6.80. The summed E-state index contributed by atoms with van der Waals surface area (Å²) in [5, 5.41) is 12.0. The van der Waals surface area contributed by atoms with Crippen LogP contribution in [0.15, 0.2) is 24.5 Å². The first kappa shape index (κ1) is 24.3. The Bertz CT molecular complexity index is 1290. The van der Waals surface area contributed by atoms with Crippen LogP contribution in [0.25, 0.3) is 21.8 Å². The Labute approximate surface area is 221 Å². The Morgan fingerprint density at radius 2 is 1.86 bits per heavy atom. The monoisotopic (exact) mass is 518 g/mol. The van der Waals surface area contributed by atoms with Crippen LogP contribution in [0.3, 0.4) is 0 Å². The van der Waals surface area contributed by atoms with Crippen molar-refractivity contribution in [2.75, 3.05) is 5.32 Å². The highest BCUT2D eigenvalue weighted by atomic mass is 32.1. The van der Waals surface area contributed by atoms with Gasteiger partial charge in [-0.25, -0.2) is 4.98 Å².